The third kappa shape index (κ3) is 10.6. The van der Waals surface area contributed by atoms with Crippen LogP contribution in [-0.2, 0) is 23.4 Å². The number of fused-ring (bicyclic) bond motifs is 1. The third-order valence-electron chi connectivity index (χ3n) is 6.80. The first-order valence-corrected chi connectivity index (χ1v) is 16.7. The number of rotatable bonds is 6. The number of amides is 2. The molecule has 0 radical (unpaired) electrons. The van der Waals surface area contributed by atoms with Crippen LogP contribution in [0.3, 0.4) is 0 Å². The molecule has 2 amide bonds. The SMILES string of the molecule is CC(C)(C)OC(=O)NC(=NCCN1C[C@@H]2OC(C)(C)O[C@@H]2[C@H]1CO[Si](C)(C)C(C)(C)C)NC(=O)OC(C)(C)C. The molecular formula is C27H52N4O7Si. The lowest BCUT2D eigenvalue weighted by atomic mass is 10.1. The van der Waals surface area contributed by atoms with Gasteiger partial charge in [0, 0.05) is 13.1 Å². The monoisotopic (exact) mass is 572 g/mol. The van der Waals surface area contributed by atoms with Crippen LogP contribution in [0.2, 0.25) is 18.1 Å². The standard InChI is InChI=1S/C27H52N4O7Si/c1-24(2,3)37-22(32)29-21(30-23(33)38-25(4,5)6)28-14-15-31-16-19-20(36-27(10,11)35-19)18(31)17-34-39(12,13)26(7,8)9/h18-20H,14-17H2,1-13H3,(H2,28,29,30,32,33)/t18-,19+,20-/m1/s1. The largest absolute Gasteiger partial charge is 0.444 e. The highest BCUT2D eigenvalue weighted by molar-refractivity contribution is 6.74. The van der Waals surface area contributed by atoms with Crippen molar-refractivity contribution in [2.75, 3.05) is 26.2 Å². The van der Waals surface area contributed by atoms with Gasteiger partial charge in [-0.05, 0) is 73.5 Å². The number of guanidine groups is 1. The van der Waals surface area contributed by atoms with Crippen molar-refractivity contribution in [2.24, 2.45) is 4.99 Å². The molecule has 0 unspecified atom stereocenters. The molecule has 2 heterocycles. The van der Waals surface area contributed by atoms with Gasteiger partial charge in [-0.2, -0.15) is 0 Å². The van der Waals surface area contributed by atoms with Crippen LogP contribution in [0.5, 0.6) is 0 Å². The van der Waals surface area contributed by atoms with Crippen molar-refractivity contribution in [3.05, 3.63) is 0 Å². The normalized spacial score (nSPS) is 23.7. The van der Waals surface area contributed by atoms with Crippen molar-refractivity contribution in [1.82, 2.24) is 15.5 Å². The number of carbonyl (C=O) groups excluding carboxylic acids is 2. The van der Waals surface area contributed by atoms with E-state index in [4.69, 9.17) is 23.4 Å². The van der Waals surface area contributed by atoms with Crippen LogP contribution in [0.4, 0.5) is 9.59 Å². The number of hydrogen-bond donors (Lipinski definition) is 2. The van der Waals surface area contributed by atoms with Gasteiger partial charge >= 0.3 is 12.2 Å². The van der Waals surface area contributed by atoms with Gasteiger partial charge in [-0.3, -0.25) is 20.5 Å². The summed E-state index contributed by atoms with van der Waals surface area (Å²) in [4.78, 5) is 31.5. The van der Waals surface area contributed by atoms with Crippen molar-refractivity contribution in [3.8, 4) is 0 Å². The minimum atomic E-state index is -1.98. The Morgan fingerprint density at radius 1 is 0.949 bits per heavy atom. The smallest absolute Gasteiger partial charge is 0.414 e. The number of alkyl carbamates (subject to hydrolysis) is 2. The van der Waals surface area contributed by atoms with Crippen molar-refractivity contribution in [3.63, 3.8) is 0 Å². The minimum absolute atomic E-state index is 0.0119. The summed E-state index contributed by atoms with van der Waals surface area (Å²) in [6.07, 6.45) is -1.64. The van der Waals surface area contributed by atoms with Gasteiger partial charge in [0.2, 0.25) is 5.96 Å². The molecule has 0 saturated carbocycles. The quantitative estimate of drug-likeness (QED) is 0.269. The number of likely N-dealkylation sites (tertiary alicyclic amines) is 1. The van der Waals surface area contributed by atoms with Gasteiger partial charge < -0.3 is 23.4 Å². The van der Waals surface area contributed by atoms with Gasteiger partial charge in [-0.25, -0.2) is 9.59 Å². The summed E-state index contributed by atoms with van der Waals surface area (Å²) in [5, 5.41) is 5.14. The van der Waals surface area contributed by atoms with Gasteiger partial charge in [0.15, 0.2) is 14.1 Å². The Balaban J connectivity index is 2.15. The predicted molar refractivity (Wildman–Crippen MR) is 153 cm³/mol. The summed E-state index contributed by atoms with van der Waals surface area (Å²) >= 11 is 0. The first kappa shape index (κ1) is 33.5. The fraction of sp³-hybridized carbons (Fsp3) is 0.889. The molecule has 0 spiro atoms. The minimum Gasteiger partial charge on any atom is -0.444 e. The van der Waals surface area contributed by atoms with Crippen LogP contribution in [0.15, 0.2) is 4.99 Å². The van der Waals surface area contributed by atoms with E-state index in [9.17, 15) is 9.59 Å². The third-order valence-corrected chi connectivity index (χ3v) is 11.3. The van der Waals surface area contributed by atoms with Crippen molar-refractivity contribution in [1.29, 1.82) is 0 Å². The molecular weight excluding hydrogens is 520 g/mol. The Kier molecular flexibility index (Phi) is 10.3. The molecule has 2 fully saturated rings. The lowest BCUT2D eigenvalue weighted by molar-refractivity contribution is -0.162. The maximum Gasteiger partial charge on any atom is 0.414 e. The van der Waals surface area contributed by atoms with E-state index < -0.39 is 37.5 Å². The van der Waals surface area contributed by atoms with E-state index in [2.05, 4.69) is 54.4 Å². The van der Waals surface area contributed by atoms with Gasteiger partial charge in [0.25, 0.3) is 0 Å². The van der Waals surface area contributed by atoms with Crippen LogP contribution in [0.25, 0.3) is 0 Å². The molecule has 2 aliphatic rings. The molecule has 0 aliphatic carbocycles. The first-order chi connectivity index (χ1) is 17.5. The van der Waals surface area contributed by atoms with E-state index in [-0.39, 0.29) is 29.2 Å². The molecule has 11 nitrogen and oxygen atoms in total. The number of aliphatic imine (C=N–C) groups is 1. The van der Waals surface area contributed by atoms with Crippen LogP contribution >= 0.6 is 0 Å². The molecule has 12 heteroatoms. The summed E-state index contributed by atoms with van der Waals surface area (Å²) in [5.41, 5.74) is -1.42. The van der Waals surface area contributed by atoms with Crippen LogP contribution in [0.1, 0.15) is 76.2 Å². The van der Waals surface area contributed by atoms with E-state index in [0.717, 1.165) is 0 Å². The summed E-state index contributed by atoms with van der Waals surface area (Å²) in [7, 11) is -1.98. The lowest BCUT2D eigenvalue weighted by Gasteiger charge is -2.38. The molecule has 2 N–H and O–H groups in total. The van der Waals surface area contributed by atoms with Crippen LogP contribution in [0, 0.1) is 0 Å². The van der Waals surface area contributed by atoms with Crippen molar-refractivity contribution in [2.45, 2.75) is 130 Å². The Morgan fingerprint density at radius 2 is 1.46 bits per heavy atom. The maximum atomic E-state index is 12.4. The van der Waals surface area contributed by atoms with Crippen molar-refractivity contribution < 1.29 is 33.0 Å². The van der Waals surface area contributed by atoms with Gasteiger partial charge in [0.05, 0.1) is 19.2 Å². The highest BCUT2D eigenvalue weighted by atomic mass is 28.4. The number of hydrogen-bond acceptors (Lipinski definition) is 9. The molecule has 39 heavy (non-hydrogen) atoms. The number of ether oxygens (including phenoxy) is 4. The molecule has 2 aliphatic heterocycles. The molecule has 3 atom stereocenters. The summed E-state index contributed by atoms with van der Waals surface area (Å²) in [6.45, 7) is 27.6. The predicted octanol–water partition coefficient (Wildman–Crippen LogP) is 4.62. The Morgan fingerprint density at radius 3 is 1.92 bits per heavy atom. The summed E-state index contributed by atoms with van der Waals surface area (Å²) in [6, 6.07) is -0.0119. The zero-order chi connectivity index (χ0) is 30.0. The second-order valence-electron chi connectivity index (χ2n) is 14.3. The number of carbonyl (C=O) groups is 2. The molecule has 0 aromatic rings. The lowest BCUT2D eigenvalue weighted by Crippen LogP contribution is -2.49. The second kappa shape index (κ2) is 12.0. The fourth-order valence-electron chi connectivity index (χ4n) is 4.07. The number of nitrogens with one attached hydrogen (secondary N) is 2. The maximum absolute atomic E-state index is 12.4. The summed E-state index contributed by atoms with van der Waals surface area (Å²) in [5.74, 6) is -0.683. The first-order valence-electron chi connectivity index (χ1n) is 13.8. The van der Waals surface area contributed by atoms with Crippen LogP contribution < -0.4 is 10.6 Å². The average Bonchev–Trinajstić information content (AvgIpc) is 3.13. The Bertz CT molecular complexity index is 871. The van der Waals surface area contributed by atoms with E-state index >= 15 is 0 Å². The fourth-order valence-corrected chi connectivity index (χ4v) is 5.09. The Hall–Kier alpha value is -1.73. The molecule has 0 bridgehead atoms. The number of nitrogens with zero attached hydrogens (tertiary/aromatic N) is 2. The molecule has 0 aromatic heterocycles. The van der Waals surface area contributed by atoms with Gasteiger partial charge in [-0.1, -0.05) is 20.8 Å². The van der Waals surface area contributed by atoms with Gasteiger partial charge in [-0.15, -0.1) is 0 Å². The van der Waals surface area contributed by atoms with Crippen LogP contribution in [-0.4, -0.2) is 92.8 Å². The van der Waals surface area contributed by atoms with Crippen molar-refractivity contribution >= 4 is 26.5 Å². The molecule has 2 rings (SSSR count). The summed E-state index contributed by atoms with van der Waals surface area (Å²) < 4.78 is 29.7. The molecule has 2 saturated heterocycles. The highest BCUT2D eigenvalue weighted by Crippen LogP contribution is 2.40. The molecule has 0 aromatic carbocycles. The van der Waals surface area contributed by atoms with E-state index in [0.29, 0.717) is 26.2 Å². The zero-order valence-electron chi connectivity index (χ0n) is 26.3. The highest BCUT2D eigenvalue weighted by Gasteiger charge is 2.53. The Labute approximate surface area is 235 Å². The van der Waals surface area contributed by atoms with E-state index in [1.807, 2.05) is 13.8 Å². The zero-order valence-corrected chi connectivity index (χ0v) is 27.3. The van der Waals surface area contributed by atoms with Gasteiger partial charge in [0.1, 0.15) is 23.4 Å². The van der Waals surface area contributed by atoms with E-state index in [1.54, 1.807) is 41.5 Å². The molecule has 226 valence electrons. The van der Waals surface area contributed by atoms with E-state index in [1.165, 1.54) is 0 Å². The average molecular weight is 573 g/mol. The topological polar surface area (TPSA) is 120 Å². The second-order valence-corrected chi connectivity index (χ2v) is 19.1.